The molecule has 0 aliphatic carbocycles. The zero-order valence-corrected chi connectivity index (χ0v) is 17.8. The van der Waals surface area contributed by atoms with E-state index in [2.05, 4.69) is 32.2 Å². The van der Waals surface area contributed by atoms with E-state index in [1.165, 1.54) is 5.69 Å². The third kappa shape index (κ3) is 5.06. The number of carboxylic acid groups (broad SMARTS) is 1. The Balaban J connectivity index is 1.25. The molecular formula is C24H28N4O3. The number of aromatic nitrogens is 1. The van der Waals surface area contributed by atoms with Crippen molar-refractivity contribution < 1.29 is 14.6 Å². The average molecular weight is 421 g/mol. The van der Waals surface area contributed by atoms with Crippen molar-refractivity contribution in [1.29, 1.82) is 0 Å². The van der Waals surface area contributed by atoms with Gasteiger partial charge in [-0.3, -0.25) is 4.90 Å². The van der Waals surface area contributed by atoms with E-state index in [1.807, 2.05) is 30.3 Å². The normalized spacial score (nSPS) is 14.5. The molecule has 2 heterocycles. The number of methoxy groups -OCH3 is 1. The highest BCUT2D eigenvalue weighted by Crippen LogP contribution is 2.22. The largest absolute Gasteiger partial charge is 0.497 e. The van der Waals surface area contributed by atoms with Crippen molar-refractivity contribution in [3.63, 3.8) is 0 Å². The summed E-state index contributed by atoms with van der Waals surface area (Å²) in [5, 5.41) is 13.5. The van der Waals surface area contributed by atoms with Gasteiger partial charge in [0.1, 0.15) is 11.6 Å². The molecule has 2 N–H and O–H groups in total. The predicted molar refractivity (Wildman–Crippen MR) is 123 cm³/mol. The van der Waals surface area contributed by atoms with Crippen LogP contribution in [0.25, 0.3) is 10.9 Å². The zero-order chi connectivity index (χ0) is 21.6. The molecular weight excluding hydrogens is 392 g/mol. The minimum absolute atomic E-state index is 0.280. The fourth-order valence-electron chi connectivity index (χ4n) is 3.98. The number of pyridine rings is 1. The number of fused-ring (bicyclic) bond motifs is 1. The molecule has 7 nitrogen and oxygen atoms in total. The highest BCUT2D eigenvalue weighted by atomic mass is 16.5. The van der Waals surface area contributed by atoms with Gasteiger partial charge in [-0.05, 0) is 49.4 Å². The smallest absolute Gasteiger partial charge is 0.336 e. The van der Waals surface area contributed by atoms with E-state index in [0.29, 0.717) is 16.7 Å². The third-order valence-electron chi connectivity index (χ3n) is 5.71. The van der Waals surface area contributed by atoms with Crippen molar-refractivity contribution >= 4 is 28.4 Å². The van der Waals surface area contributed by atoms with Gasteiger partial charge in [0.05, 0.1) is 18.2 Å². The number of anilines is 2. The molecule has 0 saturated carbocycles. The maximum absolute atomic E-state index is 11.6. The molecule has 0 spiro atoms. The molecule has 2 aromatic carbocycles. The molecule has 162 valence electrons. The number of nitrogens with zero attached hydrogens (tertiary/aromatic N) is 3. The van der Waals surface area contributed by atoms with Gasteiger partial charge in [-0.1, -0.05) is 18.2 Å². The Bertz CT molecular complexity index is 1030. The SMILES string of the molecule is COc1ccc(N2CCN(CCCNc3cc(C(=O)O)c4ccccc4n3)CC2)cc1. The second kappa shape index (κ2) is 9.66. The van der Waals surface area contributed by atoms with E-state index in [0.717, 1.165) is 51.4 Å². The van der Waals surface area contributed by atoms with E-state index >= 15 is 0 Å². The summed E-state index contributed by atoms with van der Waals surface area (Å²) in [4.78, 5) is 21.0. The van der Waals surface area contributed by atoms with Crippen molar-refractivity contribution in [3.05, 3.63) is 60.2 Å². The number of carboxylic acids is 1. The van der Waals surface area contributed by atoms with Crippen molar-refractivity contribution in [2.24, 2.45) is 0 Å². The van der Waals surface area contributed by atoms with Gasteiger partial charge in [-0.15, -0.1) is 0 Å². The third-order valence-corrected chi connectivity index (χ3v) is 5.71. The van der Waals surface area contributed by atoms with Gasteiger partial charge in [-0.2, -0.15) is 0 Å². The summed E-state index contributed by atoms with van der Waals surface area (Å²) >= 11 is 0. The molecule has 31 heavy (non-hydrogen) atoms. The lowest BCUT2D eigenvalue weighted by molar-refractivity contribution is 0.0699. The first-order valence-electron chi connectivity index (χ1n) is 10.6. The molecule has 7 heteroatoms. The van der Waals surface area contributed by atoms with Crippen LogP contribution in [0.1, 0.15) is 16.8 Å². The summed E-state index contributed by atoms with van der Waals surface area (Å²) < 4.78 is 5.23. The molecule has 0 bridgehead atoms. The molecule has 1 aliphatic heterocycles. The van der Waals surface area contributed by atoms with Crippen LogP contribution in [0.3, 0.4) is 0 Å². The van der Waals surface area contributed by atoms with Crippen LogP contribution >= 0.6 is 0 Å². The second-order valence-electron chi connectivity index (χ2n) is 7.68. The summed E-state index contributed by atoms with van der Waals surface area (Å²) in [6.07, 6.45) is 0.972. The van der Waals surface area contributed by atoms with Crippen LogP contribution < -0.4 is 15.0 Å². The van der Waals surface area contributed by atoms with Gasteiger partial charge in [-0.25, -0.2) is 9.78 Å². The Morgan fingerprint density at radius 2 is 1.84 bits per heavy atom. The summed E-state index contributed by atoms with van der Waals surface area (Å²) in [5.74, 6) is 0.558. The van der Waals surface area contributed by atoms with Gasteiger partial charge in [0, 0.05) is 43.8 Å². The Hall–Kier alpha value is -3.32. The topological polar surface area (TPSA) is 77.9 Å². The highest BCUT2D eigenvalue weighted by Gasteiger charge is 2.17. The fraction of sp³-hybridized carbons (Fsp3) is 0.333. The van der Waals surface area contributed by atoms with E-state index in [4.69, 9.17) is 4.74 Å². The molecule has 1 saturated heterocycles. The Morgan fingerprint density at radius 3 is 2.55 bits per heavy atom. The number of aromatic carboxylic acids is 1. The van der Waals surface area contributed by atoms with Crippen molar-refractivity contribution in [1.82, 2.24) is 9.88 Å². The molecule has 0 unspecified atom stereocenters. The van der Waals surface area contributed by atoms with Crippen molar-refractivity contribution in [3.8, 4) is 5.75 Å². The minimum Gasteiger partial charge on any atom is -0.497 e. The number of ether oxygens (including phenoxy) is 1. The lowest BCUT2D eigenvalue weighted by atomic mass is 10.1. The molecule has 0 radical (unpaired) electrons. The van der Waals surface area contributed by atoms with Crippen LogP contribution in [0, 0.1) is 0 Å². The Kier molecular flexibility index (Phi) is 6.52. The number of hydrogen-bond donors (Lipinski definition) is 2. The van der Waals surface area contributed by atoms with Gasteiger partial charge in [0.15, 0.2) is 0 Å². The molecule has 4 rings (SSSR count). The Morgan fingerprint density at radius 1 is 1.10 bits per heavy atom. The first-order valence-corrected chi connectivity index (χ1v) is 10.6. The number of piperazine rings is 1. The number of para-hydroxylation sites is 1. The molecule has 1 fully saturated rings. The fourth-order valence-corrected chi connectivity index (χ4v) is 3.98. The highest BCUT2D eigenvalue weighted by molar-refractivity contribution is 6.03. The predicted octanol–water partition coefficient (Wildman–Crippen LogP) is 3.57. The lowest BCUT2D eigenvalue weighted by Crippen LogP contribution is -2.46. The minimum atomic E-state index is -0.934. The van der Waals surface area contributed by atoms with E-state index in [9.17, 15) is 9.90 Å². The maximum atomic E-state index is 11.6. The summed E-state index contributed by atoms with van der Waals surface area (Å²) in [6, 6.07) is 17.2. The summed E-state index contributed by atoms with van der Waals surface area (Å²) in [7, 11) is 1.68. The number of carbonyl (C=O) groups is 1. The van der Waals surface area contributed by atoms with Crippen LogP contribution in [0.5, 0.6) is 5.75 Å². The second-order valence-corrected chi connectivity index (χ2v) is 7.68. The van der Waals surface area contributed by atoms with E-state index in [1.54, 1.807) is 19.2 Å². The lowest BCUT2D eigenvalue weighted by Gasteiger charge is -2.36. The first-order chi connectivity index (χ1) is 15.1. The van der Waals surface area contributed by atoms with E-state index < -0.39 is 5.97 Å². The number of hydrogen-bond acceptors (Lipinski definition) is 6. The van der Waals surface area contributed by atoms with Crippen LogP contribution in [0.4, 0.5) is 11.5 Å². The molecule has 1 aromatic heterocycles. The van der Waals surface area contributed by atoms with Crippen LogP contribution in [-0.4, -0.2) is 67.3 Å². The van der Waals surface area contributed by atoms with Gasteiger partial charge in [0.2, 0.25) is 0 Å². The first kappa shape index (κ1) is 20.9. The summed E-state index contributed by atoms with van der Waals surface area (Å²) in [6.45, 7) is 5.83. The average Bonchev–Trinajstić information content (AvgIpc) is 2.81. The number of benzene rings is 2. The maximum Gasteiger partial charge on any atom is 0.336 e. The molecule has 0 atom stereocenters. The summed E-state index contributed by atoms with van der Waals surface area (Å²) in [5.41, 5.74) is 2.21. The van der Waals surface area contributed by atoms with Gasteiger partial charge >= 0.3 is 5.97 Å². The molecule has 0 amide bonds. The quantitative estimate of drug-likeness (QED) is 0.540. The Labute approximate surface area is 182 Å². The zero-order valence-electron chi connectivity index (χ0n) is 17.8. The van der Waals surface area contributed by atoms with Gasteiger partial charge < -0.3 is 20.1 Å². The van der Waals surface area contributed by atoms with Crippen LogP contribution in [0.15, 0.2) is 54.6 Å². The van der Waals surface area contributed by atoms with Crippen LogP contribution in [-0.2, 0) is 0 Å². The monoisotopic (exact) mass is 420 g/mol. The van der Waals surface area contributed by atoms with E-state index in [-0.39, 0.29) is 5.56 Å². The molecule has 1 aliphatic rings. The number of nitrogens with one attached hydrogen (secondary N) is 1. The molecule has 3 aromatic rings. The van der Waals surface area contributed by atoms with Crippen molar-refractivity contribution in [2.45, 2.75) is 6.42 Å². The van der Waals surface area contributed by atoms with Crippen LogP contribution in [0.2, 0.25) is 0 Å². The van der Waals surface area contributed by atoms with Crippen molar-refractivity contribution in [2.75, 3.05) is 56.6 Å². The number of rotatable bonds is 8. The van der Waals surface area contributed by atoms with Gasteiger partial charge in [0.25, 0.3) is 0 Å². The standard InChI is InChI=1S/C24H28N4O3/c1-31-19-9-7-18(8-10-19)28-15-13-27(14-16-28)12-4-11-25-23-17-21(24(29)30)20-5-2-3-6-22(20)26-23/h2-3,5-10,17H,4,11-16H2,1H3,(H,25,26)(H,29,30).